The number of hydrogen-bond acceptors (Lipinski definition) is 5. The second kappa shape index (κ2) is 4.39. The maximum Gasteiger partial charge on any atom is 0.345 e. The summed E-state index contributed by atoms with van der Waals surface area (Å²) in [4.78, 5) is 10.4. The van der Waals surface area contributed by atoms with Gasteiger partial charge in [-0.25, -0.2) is 13.2 Å². The van der Waals surface area contributed by atoms with Crippen LogP contribution >= 0.6 is 11.3 Å². The van der Waals surface area contributed by atoms with E-state index in [0.717, 1.165) is 0 Å². The van der Waals surface area contributed by atoms with E-state index in [1.54, 1.807) is 6.07 Å². The molecule has 2 N–H and O–H groups in total. The van der Waals surface area contributed by atoms with Crippen molar-refractivity contribution in [2.45, 2.75) is 4.21 Å². The molecule has 1 aromatic rings. The van der Waals surface area contributed by atoms with E-state index in [1.807, 2.05) is 4.72 Å². The lowest BCUT2D eigenvalue weighted by Crippen LogP contribution is -2.22. The van der Waals surface area contributed by atoms with Crippen LogP contribution in [-0.2, 0) is 10.0 Å². The highest BCUT2D eigenvalue weighted by Gasteiger charge is 2.18. The maximum atomic E-state index is 11.4. The van der Waals surface area contributed by atoms with Gasteiger partial charge in [0.1, 0.15) is 9.09 Å². The fourth-order valence-corrected chi connectivity index (χ4v) is 2.88. The van der Waals surface area contributed by atoms with Crippen molar-refractivity contribution in [2.75, 3.05) is 6.54 Å². The number of sulfonamides is 1. The van der Waals surface area contributed by atoms with Gasteiger partial charge in [0.25, 0.3) is 10.0 Å². The number of hydrogen-bond donors (Lipinski definition) is 2. The number of carboxylic acid groups (broad SMARTS) is 1. The lowest BCUT2D eigenvalue weighted by molar-refractivity contribution is 0.0702. The van der Waals surface area contributed by atoms with Crippen molar-refractivity contribution in [1.82, 2.24) is 4.72 Å². The van der Waals surface area contributed by atoms with Crippen LogP contribution in [0.5, 0.6) is 0 Å². The Bertz CT molecular complexity index is 511. The number of thiophene rings is 1. The van der Waals surface area contributed by atoms with Crippen molar-refractivity contribution in [2.24, 2.45) is 0 Å². The zero-order chi connectivity index (χ0) is 11.5. The highest BCUT2D eigenvalue weighted by atomic mass is 32.2. The molecule has 0 radical (unpaired) electrons. The summed E-state index contributed by atoms with van der Waals surface area (Å²) in [5, 5.41) is 16.8. The molecule has 0 spiro atoms. The predicted octanol–water partition coefficient (Wildman–Crippen LogP) is 0.248. The molecule has 0 saturated heterocycles. The fraction of sp³-hybridized carbons (Fsp3) is 0.143. The van der Waals surface area contributed by atoms with Gasteiger partial charge in [-0.05, 0) is 12.1 Å². The zero-order valence-corrected chi connectivity index (χ0v) is 8.93. The molecule has 0 aliphatic rings. The topological polar surface area (TPSA) is 107 Å². The number of rotatable bonds is 4. The average Bonchev–Trinajstić information content (AvgIpc) is 2.64. The lowest BCUT2D eigenvalue weighted by Gasteiger charge is -1.98. The number of nitriles is 1. The Morgan fingerprint density at radius 1 is 1.60 bits per heavy atom. The summed E-state index contributed by atoms with van der Waals surface area (Å²) in [5.74, 6) is -1.18. The Hall–Kier alpha value is -1.43. The van der Waals surface area contributed by atoms with Gasteiger partial charge < -0.3 is 5.11 Å². The molecule has 0 unspecified atom stereocenters. The molecule has 0 fully saturated rings. The summed E-state index contributed by atoms with van der Waals surface area (Å²) in [5.41, 5.74) is 0. The van der Waals surface area contributed by atoms with Gasteiger partial charge in [-0.2, -0.15) is 9.98 Å². The van der Waals surface area contributed by atoms with Gasteiger partial charge in [0.05, 0.1) is 12.6 Å². The molecule has 0 bridgehead atoms. The van der Waals surface area contributed by atoms with Crippen molar-refractivity contribution in [1.29, 1.82) is 5.26 Å². The summed E-state index contributed by atoms with van der Waals surface area (Å²) in [6.07, 6.45) is 0. The molecule has 8 heteroatoms. The van der Waals surface area contributed by atoms with Crippen molar-refractivity contribution in [3.63, 3.8) is 0 Å². The Morgan fingerprint density at radius 2 is 2.27 bits per heavy atom. The van der Waals surface area contributed by atoms with Crippen LogP contribution in [0.3, 0.4) is 0 Å². The maximum absolute atomic E-state index is 11.4. The Balaban J connectivity index is 2.97. The molecule has 1 heterocycles. The molecule has 0 aliphatic heterocycles. The standard InChI is InChI=1S/C7H6N2O4S2/c8-3-4-9-15(12,13)6-2-1-5(14-6)7(10)11/h1-2,9H,4H2,(H,10,11). The summed E-state index contributed by atoms with van der Waals surface area (Å²) in [6.45, 7) is -0.345. The van der Waals surface area contributed by atoms with E-state index in [9.17, 15) is 13.2 Å². The zero-order valence-electron chi connectivity index (χ0n) is 7.30. The van der Waals surface area contributed by atoms with Crippen LogP contribution in [-0.4, -0.2) is 26.0 Å². The van der Waals surface area contributed by atoms with Crippen LogP contribution in [0.2, 0.25) is 0 Å². The molecular formula is C7H6N2O4S2. The van der Waals surface area contributed by atoms with Crippen molar-refractivity contribution in [3.05, 3.63) is 17.0 Å². The van der Waals surface area contributed by atoms with Crippen LogP contribution in [0.15, 0.2) is 16.3 Å². The fourth-order valence-electron chi connectivity index (χ4n) is 0.778. The number of carboxylic acids is 1. The van der Waals surface area contributed by atoms with Gasteiger partial charge in [0, 0.05) is 0 Å². The van der Waals surface area contributed by atoms with Gasteiger partial charge in [0.2, 0.25) is 0 Å². The van der Waals surface area contributed by atoms with Gasteiger partial charge in [-0.3, -0.25) is 0 Å². The highest BCUT2D eigenvalue weighted by Crippen LogP contribution is 2.20. The van der Waals surface area contributed by atoms with Crippen LogP contribution in [0.25, 0.3) is 0 Å². The summed E-state index contributed by atoms with van der Waals surface area (Å²) in [6, 6.07) is 4.01. The molecule has 6 nitrogen and oxygen atoms in total. The van der Waals surface area contributed by atoms with Gasteiger partial charge in [-0.15, -0.1) is 11.3 Å². The van der Waals surface area contributed by atoms with E-state index in [0.29, 0.717) is 11.3 Å². The smallest absolute Gasteiger partial charge is 0.345 e. The molecule has 15 heavy (non-hydrogen) atoms. The average molecular weight is 246 g/mol. The van der Waals surface area contributed by atoms with Crippen molar-refractivity contribution in [3.8, 4) is 6.07 Å². The SMILES string of the molecule is N#CCNS(=O)(=O)c1ccc(C(=O)O)s1. The van der Waals surface area contributed by atoms with Crippen molar-refractivity contribution >= 4 is 27.3 Å². The van der Waals surface area contributed by atoms with E-state index >= 15 is 0 Å². The number of nitrogens with one attached hydrogen (secondary N) is 1. The van der Waals surface area contributed by atoms with E-state index in [2.05, 4.69) is 0 Å². The first-order chi connectivity index (χ1) is 6.97. The molecule has 0 aliphatic carbocycles. The molecule has 0 aromatic carbocycles. The predicted molar refractivity (Wildman–Crippen MR) is 52.1 cm³/mol. The third-order valence-corrected chi connectivity index (χ3v) is 4.36. The lowest BCUT2D eigenvalue weighted by atomic mass is 10.5. The van der Waals surface area contributed by atoms with E-state index in [-0.39, 0.29) is 15.6 Å². The largest absolute Gasteiger partial charge is 0.477 e. The molecule has 1 rings (SSSR count). The van der Waals surface area contributed by atoms with E-state index in [1.165, 1.54) is 12.1 Å². The van der Waals surface area contributed by atoms with Gasteiger partial charge >= 0.3 is 5.97 Å². The van der Waals surface area contributed by atoms with Crippen LogP contribution in [0.1, 0.15) is 9.67 Å². The molecule has 80 valence electrons. The third-order valence-electron chi connectivity index (χ3n) is 1.40. The van der Waals surface area contributed by atoms with Gasteiger partial charge in [0.15, 0.2) is 0 Å². The summed E-state index contributed by atoms with van der Waals surface area (Å²) < 4.78 is 24.7. The second-order valence-electron chi connectivity index (χ2n) is 2.41. The first-order valence-corrected chi connectivity index (χ1v) is 5.97. The van der Waals surface area contributed by atoms with E-state index < -0.39 is 16.0 Å². The van der Waals surface area contributed by atoms with Crippen LogP contribution in [0.4, 0.5) is 0 Å². The normalized spacial score (nSPS) is 10.9. The molecule has 0 saturated carbocycles. The highest BCUT2D eigenvalue weighted by molar-refractivity contribution is 7.91. The quantitative estimate of drug-likeness (QED) is 0.740. The van der Waals surface area contributed by atoms with Crippen LogP contribution in [0, 0.1) is 11.3 Å². The van der Waals surface area contributed by atoms with E-state index in [4.69, 9.17) is 10.4 Å². The Kier molecular flexibility index (Phi) is 3.41. The Morgan fingerprint density at radius 3 is 2.73 bits per heavy atom. The molecule has 1 aromatic heterocycles. The second-order valence-corrected chi connectivity index (χ2v) is 5.48. The number of aromatic carboxylic acids is 1. The van der Waals surface area contributed by atoms with Crippen molar-refractivity contribution < 1.29 is 18.3 Å². The minimum atomic E-state index is -3.75. The first-order valence-electron chi connectivity index (χ1n) is 3.67. The summed E-state index contributed by atoms with van der Waals surface area (Å²) in [7, 11) is -3.75. The number of carbonyl (C=O) groups is 1. The van der Waals surface area contributed by atoms with Crippen LogP contribution < -0.4 is 4.72 Å². The third kappa shape index (κ3) is 2.76. The molecule has 0 amide bonds. The monoisotopic (exact) mass is 246 g/mol. The number of nitrogens with zero attached hydrogens (tertiary/aromatic N) is 1. The molecular weight excluding hydrogens is 240 g/mol. The Labute approximate surface area is 89.8 Å². The summed E-state index contributed by atoms with van der Waals surface area (Å²) >= 11 is 0.639. The molecule has 0 atom stereocenters. The first kappa shape index (κ1) is 11.6. The van der Waals surface area contributed by atoms with Gasteiger partial charge in [-0.1, -0.05) is 0 Å². The minimum Gasteiger partial charge on any atom is -0.477 e. The minimum absolute atomic E-state index is 0.0627.